The molecule has 0 amide bonds. The number of nitrogens with one attached hydrogen (secondary N) is 1. The molecule has 0 rings (SSSR count). The van der Waals surface area contributed by atoms with E-state index >= 15 is 0 Å². The van der Waals surface area contributed by atoms with E-state index in [-0.39, 0.29) is 0 Å². The second kappa shape index (κ2) is 9.71. The van der Waals surface area contributed by atoms with Crippen molar-refractivity contribution in [2.75, 3.05) is 7.05 Å². The van der Waals surface area contributed by atoms with Crippen molar-refractivity contribution < 1.29 is 0 Å². The van der Waals surface area contributed by atoms with Crippen LogP contribution in [0, 0.1) is 11.8 Å². The molecular weight excluding hydrogens is 186 g/mol. The van der Waals surface area contributed by atoms with E-state index in [1.54, 1.807) is 0 Å². The highest BCUT2D eigenvalue weighted by Gasteiger charge is 1.93. The van der Waals surface area contributed by atoms with Crippen LogP contribution >= 0.6 is 0 Å². The molecule has 0 aliphatic rings. The first-order valence-corrected chi connectivity index (χ1v) is 5.42. The number of allylic oxidation sites excluding steroid dienone is 1. The van der Waals surface area contributed by atoms with Crippen molar-refractivity contribution in [1.29, 1.82) is 0 Å². The van der Waals surface area contributed by atoms with Crippen molar-refractivity contribution in [3.05, 3.63) is 12.3 Å². The Kier molecular flexibility index (Phi) is 10.7. The van der Waals surface area contributed by atoms with Crippen molar-refractivity contribution in [3.8, 4) is 0 Å². The minimum absolute atomic E-state index is 0.435. The van der Waals surface area contributed by atoms with Gasteiger partial charge in [-0.05, 0) is 25.2 Å². The van der Waals surface area contributed by atoms with Gasteiger partial charge in [0.05, 0.1) is 0 Å². The summed E-state index contributed by atoms with van der Waals surface area (Å²) in [5.74, 6) is 6.21. The molecule has 0 saturated heterocycles. The van der Waals surface area contributed by atoms with Crippen LogP contribution in [0.4, 0.5) is 0 Å². The van der Waals surface area contributed by atoms with E-state index in [1.165, 1.54) is 5.71 Å². The molecule has 0 aromatic carbocycles. The summed E-state index contributed by atoms with van der Waals surface area (Å²) in [4.78, 5) is 4.05. The molecule has 0 aliphatic carbocycles. The van der Waals surface area contributed by atoms with E-state index in [4.69, 9.17) is 5.84 Å². The van der Waals surface area contributed by atoms with E-state index in [0.717, 1.165) is 18.0 Å². The molecule has 3 nitrogen and oxygen atoms in total. The lowest BCUT2D eigenvalue weighted by atomic mass is 10.1. The van der Waals surface area contributed by atoms with Crippen molar-refractivity contribution in [1.82, 2.24) is 5.43 Å². The molecule has 0 unspecified atom stereocenters. The topological polar surface area (TPSA) is 50.4 Å². The fourth-order valence-corrected chi connectivity index (χ4v) is 0.849. The van der Waals surface area contributed by atoms with Crippen LogP contribution < -0.4 is 11.3 Å². The third-order valence-electron chi connectivity index (χ3n) is 1.97. The number of nitrogens with two attached hydrogens (primary N) is 1. The fourth-order valence-electron chi connectivity index (χ4n) is 0.849. The number of hydrazine groups is 1. The lowest BCUT2D eigenvalue weighted by Crippen LogP contribution is -2.23. The molecule has 0 radical (unpaired) electrons. The number of hydrogen-bond acceptors (Lipinski definition) is 3. The lowest BCUT2D eigenvalue weighted by Gasteiger charge is -2.05. The van der Waals surface area contributed by atoms with Crippen molar-refractivity contribution in [2.45, 2.75) is 41.0 Å². The van der Waals surface area contributed by atoms with Crippen molar-refractivity contribution >= 4 is 5.71 Å². The average Bonchev–Trinajstić information content (AvgIpc) is 2.16. The van der Waals surface area contributed by atoms with Gasteiger partial charge in [-0.25, -0.2) is 0 Å². The Morgan fingerprint density at radius 1 is 1.33 bits per heavy atom. The van der Waals surface area contributed by atoms with Crippen LogP contribution in [0.5, 0.6) is 0 Å². The van der Waals surface area contributed by atoms with Gasteiger partial charge in [-0.15, -0.1) is 0 Å². The van der Waals surface area contributed by atoms with Gasteiger partial charge in [-0.2, -0.15) is 0 Å². The normalized spacial score (nSPS) is 11.1. The maximum Gasteiger partial charge on any atom is 0.0276 e. The summed E-state index contributed by atoms with van der Waals surface area (Å²) in [6.45, 7) is 14.2. The maximum atomic E-state index is 5.02. The summed E-state index contributed by atoms with van der Waals surface area (Å²) in [6.07, 6.45) is 1.14. The molecule has 90 valence electrons. The third kappa shape index (κ3) is 13.2. The van der Waals surface area contributed by atoms with E-state index in [9.17, 15) is 0 Å². The van der Waals surface area contributed by atoms with Gasteiger partial charge in [0.15, 0.2) is 0 Å². The monoisotopic (exact) mass is 213 g/mol. The lowest BCUT2D eigenvalue weighted by molar-refractivity contribution is 0.676. The van der Waals surface area contributed by atoms with E-state index in [1.807, 2.05) is 20.9 Å². The molecule has 0 heterocycles. The fraction of sp³-hybridized carbons (Fsp3) is 0.750. The molecule has 3 N–H and O–H groups in total. The predicted octanol–water partition coefficient (Wildman–Crippen LogP) is 2.74. The maximum absolute atomic E-state index is 5.02. The van der Waals surface area contributed by atoms with Crippen LogP contribution in [-0.2, 0) is 0 Å². The molecule has 0 spiro atoms. The zero-order valence-corrected chi connectivity index (χ0v) is 11.1. The highest BCUT2D eigenvalue weighted by Crippen LogP contribution is 1.99. The Hall–Kier alpha value is -0.830. The number of aliphatic imine (C=N–C) groups is 1. The summed E-state index contributed by atoms with van der Waals surface area (Å²) in [5, 5.41) is 0. The van der Waals surface area contributed by atoms with E-state index in [0.29, 0.717) is 5.92 Å². The van der Waals surface area contributed by atoms with Crippen LogP contribution in [0.3, 0.4) is 0 Å². The van der Waals surface area contributed by atoms with E-state index in [2.05, 4.69) is 37.8 Å². The molecule has 0 aromatic rings. The zero-order valence-electron chi connectivity index (χ0n) is 11.1. The molecule has 0 fully saturated rings. The summed E-state index contributed by atoms with van der Waals surface area (Å²) in [5.41, 5.74) is 4.59. The van der Waals surface area contributed by atoms with Gasteiger partial charge < -0.3 is 5.43 Å². The van der Waals surface area contributed by atoms with Gasteiger partial charge in [0.2, 0.25) is 0 Å². The van der Waals surface area contributed by atoms with Gasteiger partial charge in [0, 0.05) is 18.5 Å². The van der Waals surface area contributed by atoms with Crippen LogP contribution in [-0.4, -0.2) is 12.8 Å². The Bertz CT molecular complexity index is 193. The largest absolute Gasteiger partial charge is 0.329 e. The Labute approximate surface area is 94.8 Å². The zero-order chi connectivity index (χ0) is 12.4. The summed E-state index contributed by atoms with van der Waals surface area (Å²) in [6, 6.07) is 0. The van der Waals surface area contributed by atoms with Crippen LogP contribution in [0.25, 0.3) is 0 Å². The molecule has 0 aromatic heterocycles. The molecule has 0 aliphatic heterocycles. The van der Waals surface area contributed by atoms with Gasteiger partial charge in [0.25, 0.3) is 0 Å². The van der Waals surface area contributed by atoms with Gasteiger partial charge in [0.1, 0.15) is 0 Å². The minimum Gasteiger partial charge on any atom is -0.329 e. The Balaban J connectivity index is 0. The van der Waals surface area contributed by atoms with Crippen molar-refractivity contribution in [3.63, 3.8) is 0 Å². The van der Waals surface area contributed by atoms with Gasteiger partial charge in [-0.3, -0.25) is 10.8 Å². The SMILES string of the molecule is C=C(NN)C(C)C.CN=C(C)CC(C)C. The Morgan fingerprint density at radius 3 is 1.87 bits per heavy atom. The van der Waals surface area contributed by atoms with Crippen LogP contribution in [0.15, 0.2) is 17.3 Å². The molecule has 3 heteroatoms. The van der Waals surface area contributed by atoms with Crippen LogP contribution in [0.2, 0.25) is 0 Å². The second-order valence-corrected chi connectivity index (χ2v) is 4.38. The average molecular weight is 213 g/mol. The van der Waals surface area contributed by atoms with Crippen molar-refractivity contribution in [2.24, 2.45) is 22.7 Å². The number of nitrogens with zero attached hydrogens (tertiary/aromatic N) is 1. The smallest absolute Gasteiger partial charge is 0.0276 e. The molecular formula is C12H27N3. The summed E-state index contributed by atoms with van der Waals surface area (Å²) in [7, 11) is 1.84. The first-order valence-electron chi connectivity index (χ1n) is 5.42. The van der Waals surface area contributed by atoms with Crippen LogP contribution in [0.1, 0.15) is 41.0 Å². The van der Waals surface area contributed by atoms with E-state index < -0.39 is 0 Å². The standard InChI is InChI=1S/C7H15N.C5H12N2/c1-6(2)5-7(3)8-4;1-4(2)5(3)7-6/h6H,5H2,1-4H3;4,7H,3,6H2,1-2H3. The second-order valence-electron chi connectivity index (χ2n) is 4.38. The first-order chi connectivity index (χ1) is 6.84. The number of rotatable bonds is 4. The highest BCUT2D eigenvalue weighted by atomic mass is 15.2. The molecule has 0 atom stereocenters. The van der Waals surface area contributed by atoms with Gasteiger partial charge in [-0.1, -0.05) is 34.3 Å². The Morgan fingerprint density at radius 2 is 1.80 bits per heavy atom. The number of hydrogen-bond donors (Lipinski definition) is 2. The third-order valence-corrected chi connectivity index (χ3v) is 1.97. The molecule has 15 heavy (non-hydrogen) atoms. The summed E-state index contributed by atoms with van der Waals surface area (Å²) >= 11 is 0. The predicted molar refractivity (Wildman–Crippen MR) is 69.8 cm³/mol. The molecule has 0 saturated carbocycles. The minimum atomic E-state index is 0.435. The van der Waals surface area contributed by atoms with Gasteiger partial charge >= 0.3 is 0 Å². The highest BCUT2D eigenvalue weighted by molar-refractivity contribution is 5.81. The summed E-state index contributed by atoms with van der Waals surface area (Å²) < 4.78 is 0. The first kappa shape index (κ1) is 16.6. The molecule has 0 bridgehead atoms. The quantitative estimate of drug-likeness (QED) is 0.428.